The molecule has 0 N–H and O–H groups in total. The maximum Gasteiger partial charge on any atom is 0.128 e. The number of nitrogens with zero attached hydrogens (tertiary/aromatic N) is 3. The maximum absolute atomic E-state index is 6.41. The summed E-state index contributed by atoms with van der Waals surface area (Å²) in [6, 6.07) is 6.98. The average molecular weight is 418 g/mol. The minimum absolute atomic E-state index is 0.0629. The Morgan fingerprint density at radius 3 is 3.00 bits per heavy atom. The van der Waals surface area contributed by atoms with Crippen LogP contribution in [0.5, 0.6) is 0 Å². The van der Waals surface area contributed by atoms with Gasteiger partial charge in [0.25, 0.3) is 0 Å². The molecule has 0 bridgehead atoms. The molecule has 1 aromatic carbocycles. The van der Waals surface area contributed by atoms with Gasteiger partial charge in [0.15, 0.2) is 0 Å². The molecular formula is C16H21ClIN3. The van der Waals surface area contributed by atoms with Crippen molar-refractivity contribution < 1.29 is 0 Å². The van der Waals surface area contributed by atoms with Crippen LogP contribution in [0.15, 0.2) is 18.2 Å². The summed E-state index contributed by atoms with van der Waals surface area (Å²) in [5, 5.41) is -0.0629. The highest BCUT2D eigenvalue weighted by molar-refractivity contribution is 14.1. The lowest BCUT2D eigenvalue weighted by molar-refractivity contribution is 0.185. The first-order valence-electron chi connectivity index (χ1n) is 7.64. The summed E-state index contributed by atoms with van der Waals surface area (Å²) in [4.78, 5) is 7.33. The highest BCUT2D eigenvalue weighted by atomic mass is 127. The van der Waals surface area contributed by atoms with Gasteiger partial charge < -0.3 is 9.47 Å². The molecule has 114 valence electrons. The third-order valence-corrected chi connectivity index (χ3v) is 5.19. The molecule has 0 radical (unpaired) electrons. The Bertz CT molecular complexity index is 638. The molecule has 2 aromatic rings. The van der Waals surface area contributed by atoms with Gasteiger partial charge in [-0.3, -0.25) is 0 Å². The van der Waals surface area contributed by atoms with Gasteiger partial charge in [-0.2, -0.15) is 0 Å². The first-order valence-corrected chi connectivity index (χ1v) is 9.15. The van der Waals surface area contributed by atoms with E-state index in [0.717, 1.165) is 24.4 Å². The van der Waals surface area contributed by atoms with E-state index in [1.165, 1.54) is 28.5 Å². The summed E-state index contributed by atoms with van der Waals surface area (Å²) in [5.41, 5.74) is 2.29. The number of hydrogen-bond donors (Lipinski definition) is 0. The zero-order valence-electron chi connectivity index (χ0n) is 12.5. The molecule has 0 spiro atoms. The third-order valence-electron chi connectivity index (χ3n) is 4.33. The molecule has 1 fully saturated rings. The molecule has 1 aliphatic heterocycles. The van der Waals surface area contributed by atoms with Crippen molar-refractivity contribution in [1.29, 1.82) is 0 Å². The number of benzene rings is 1. The van der Waals surface area contributed by atoms with Gasteiger partial charge in [0, 0.05) is 16.2 Å². The molecule has 0 aliphatic carbocycles. The lowest BCUT2D eigenvalue weighted by Gasteiger charge is -2.34. The van der Waals surface area contributed by atoms with Crippen molar-refractivity contribution in [2.45, 2.75) is 38.1 Å². The number of aromatic nitrogens is 2. The van der Waals surface area contributed by atoms with E-state index in [1.807, 2.05) is 6.92 Å². The summed E-state index contributed by atoms with van der Waals surface area (Å²) in [7, 11) is 0. The molecule has 0 amide bonds. The van der Waals surface area contributed by atoms with Crippen LogP contribution in [0.1, 0.15) is 43.9 Å². The summed E-state index contributed by atoms with van der Waals surface area (Å²) in [6.45, 7) is 7.69. The van der Waals surface area contributed by atoms with E-state index in [2.05, 4.69) is 57.2 Å². The quantitative estimate of drug-likeness (QED) is 0.538. The molecule has 3 nitrogen and oxygen atoms in total. The Hall–Kier alpha value is -0.330. The molecular weight excluding hydrogens is 397 g/mol. The Labute approximate surface area is 144 Å². The van der Waals surface area contributed by atoms with Crippen LogP contribution >= 0.6 is 34.2 Å². The molecule has 1 saturated heterocycles. The van der Waals surface area contributed by atoms with Gasteiger partial charge in [-0.15, -0.1) is 11.6 Å². The predicted octanol–water partition coefficient (Wildman–Crippen LogP) is 4.60. The number of hydrogen-bond acceptors (Lipinski definition) is 2. The lowest BCUT2D eigenvalue weighted by atomic mass is 10.0. The second-order valence-corrected chi connectivity index (χ2v) is 7.68. The first-order chi connectivity index (χ1) is 10.1. The van der Waals surface area contributed by atoms with E-state index in [1.54, 1.807) is 0 Å². The zero-order chi connectivity index (χ0) is 15.0. The maximum atomic E-state index is 6.41. The summed E-state index contributed by atoms with van der Waals surface area (Å²) >= 11 is 8.75. The fourth-order valence-corrected chi connectivity index (χ4v) is 3.91. The molecule has 2 heterocycles. The number of imidazole rings is 1. The van der Waals surface area contributed by atoms with Crippen molar-refractivity contribution in [1.82, 2.24) is 14.5 Å². The Balaban J connectivity index is 2.08. The molecule has 2 unspecified atom stereocenters. The van der Waals surface area contributed by atoms with Crippen molar-refractivity contribution in [2.75, 3.05) is 19.6 Å². The SMILES string of the molecule is CCN1CCCC(n2c(C(C)Cl)nc3cc(I)ccc32)C1. The molecule has 1 aliphatic rings. The number of likely N-dealkylation sites (tertiary alicyclic amines) is 1. The van der Waals surface area contributed by atoms with Crippen LogP contribution in [-0.2, 0) is 0 Å². The van der Waals surface area contributed by atoms with Gasteiger partial charge in [-0.25, -0.2) is 4.98 Å². The van der Waals surface area contributed by atoms with Crippen molar-refractivity contribution in [3.8, 4) is 0 Å². The second-order valence-electron chi connectivity index (χ2n) is 5.78. The summed E-state index contributed by atoms with van der Waals surface area (Å²) in [5.74, 6) is 1.01. The molecule has 1 aromatic heterocycles. The van der Waals surface area contributed by atoms with Crippen molar-refractivity contribution >= 4 is 45.2 Å². The monoisotopic (exact) mass is 417 g/mol. The molecule has 21 heavy (non-hydrogen) atoms. The van der Waals surface area contributed by atoms with E-state index in [9.17, 15) is 0 Å². The first kappa shape index (κ1) is 15.6. The van der Waals surface area contributed by atoms with Gasteiger partial charge in [0.05, 0.1) is 16.4 Å². The summed E-state index contributed by atoms with van der Waals surface area (Å²) in [6.07, 6.45) is 2.46. The van der Waals surface area contributed by atoms with Crippen LogP contribution in [0.4, 0.5) is 0 Å². The number of alkyl halides is 1. The van der Waals surface area contributed by atoms with Crippen LogP contribution < -0.4 is 0 Å². The number of fused-ring (bicyclic) bond motifs is 1. The topological polar surface area (TPSA) is 21.1 Å². The fourth-order valence-electron chi connectivity index (χ4n) is 3.28. The standard InChI is InChI=1S/C16H21ClIN3/c1-3-20-8-4-5-13(10-20)21-15-7-6-12(18)9-14(15)19-16(21)11(2)17/h6-7,9,11,13H,3-5,8,10H2,1-2H3. The van der Waals surface area contributed by atoms with Crippen LogP contribution in [-0.4, -0.2) is 34.1 Å². The minimum Gasteiger partial charge on any atom is -0.322 e. The van der Waals surface area contributed by atoms with Gasteiger partial charge in [-0.1, -0.05) is 6.92 Å². The molecule has 5 heteroatoms. The van der Waals surface area contributed by atoms with Gasteiger partial charge in [0.2, 0.25) is 0 Å². The van der Waals surface area contributed by atoms with Gasteiger partial charge in [-0.05, 0) is 73.6 Å². The van der Waals surface area contributed by atoms with E-state index in [4.69, 9.17) is 16.6 Å². The molecule has 3 rings (SSSR count). The Morgan fingerprint density at radius 1 is 1.48 bits per heavy atom. The van der Waals surface area contributed by atoms with E-state index in [-0.39, 0.29) is 5.38 Å². The van der Waals surface area contributed by atoms with Crippen LogP contribution in [0, 0.1) is 3.57 Å². The summed E-state index contributed by atoms with van der Waals surface area (Å²) < 4.78 is 3.61. The zero-order valence-corrected chi connectivity index (χ0v) is 15.4. The van der Waals surface area contributed by atoms with E-state index >= 15 is 0 Å². The second kappa shape index (κ2) is 6.42. The minimum atomic E-state index is -0.0629. The van der Waals surface area contributed by atoms with E-state index in [0.29, 0.717) is 6.04 Å². The van der Waals surface area contributed by atoms with Gasteiger partial charge >= 0.3 is 0 Å². The normalized spacial score (nSPS) is 21.8. The van der Waals surface area contributed by atoms with Crippen LogP contribution in [0.25, 0.3) is 11.0 Å². The highest BCUT2D eigenvalue weighted by Gasteiger charge is 2.25. The average Bonchev–Trinajstić information content (AvgIpc) is 2.86. The highest BCUT2D eigenvalue weighted by Crippen LogP contribution is 2.32. The Kier molecular flexibility index (Phi) is 4.76. The van der Waals surface area contributed by atoms with Crippen LogP contribution in [0.3, 0.4) is 0 Å². The number of rotatable bonds is 3. The van der Waals surface area contributed by atoms with Gasteiger partial charge in [0.1, 0.15) is 5.82 Å². The Morgan fingerprint density at radius 2 is 2.29 bits per heavy atom. The van der Waals surface area contributed by atoms with Crippen LogP contribution in [0.2, 0.25) is 0 Å². The van der Waals surface area contributed by atoms with E-state index < -0.39 is 0 Å². The number of likely N-dealkylation sites (N-methyl/N-ethyl adjacent to an activating group) is 1. The molecule has 2 atom stereocenters. The predicted molar refractivity (Wildman–Crippen MR) is 97.1 cm³/mol. The number of halogens is 2. The fraction of sp³-hybridized carbons (Fsp3) is 0.562. The van der Waals surface area contributed by atoms with Crippen molar-refractivity contribution in [3.63, 3.8) is 0 Å². The van der Waals surface area contributed by atoms with Crippen molar-refractivity contribution in [2.24, 2.45) is 0 Å². The smallest absolute Gasteiger partial charge is 0.128 e. The lowest BCUT2D eigenvalue weighted by Crippen LogP contribution is -2.36. The largest absolute Gasteiger partial charge is 0.322 e. The van der Waals surface area contributed by atoms with Crippen molar-refractivity contribution in [3.05, 3.63) is 27.6 Å². The number of piperidine rings is 1. The third kappa shape index (κ3) is 3.08. The molecule has 0 saturated carbocycles.